The van der Waals surface area contributed by atoms with Crippen molar-refractivity contribution in [2.45, 2.75) is 46.0 Å². The van der Waals surface area contributed by atoms with Crippen molar-refractivity contribution in [3.05, 3.63) is 40.3 Å². The second-order valence-electron chi connectivity index (χ2n) is 9.43. The highest BCUT2D eigenvalue weighted by molar-refractivity contribution is 6.30. The number of amides is 1. The first kappa shape index (κ1) is 24.7. The number of carbonyl (C=O) groups excluding carboxylic acids is 1. The van der Waals surface area contributed by atoms with E-state index < -0.39 is 0 Å². The zero-order valence-corrected chi connectivity index (χ0v) is 20.9. The number of pyridine rings is 1. The van der Waals surface area contributed by atoms with Crippen molar-refractivity contribution in [3.63, 3.8) is 0 Å². The maximum Gasteiger partial charge on any atom is 0.253 e. The zero-order chi connectivity index (χ0) is 23.9. The number of nitrogens with one attached hydrogen (secondary N) is 2. The first-order valence-corrected chi connectivity index (χ1v) is 12.7. The van der Waals surface area contributed by atoms with Gasteiger partial charge in [0.2, 0.25) is 11.8 Å². The molecule has 1 amide bonds. The van der Waals surface area contributed by atoms with Gasteiger partial charge in [-0.3, -0.25) is 4.79 Å². The molecule has 184 valence electrons. The van der Waals surface area contributed by atoms with E-state index in [1.807, 2.05) is 19.9 Å². The van der Waals surface area contributed by atoms with Gasteiger partial charge in [-0.25, -0.2) is 15.0 Å². The van der Waals surface area contributed by atoms with E-state index in [9.17, 15) is 4.79 Å². The van der Waals surface area contributed by atoms with Crippen LogP contribution in [-0.4, -0.2) is 60.2 Å². The van der Waals surface area contributed by atoms with E-state index in [1.54, 1.807) is 12.4 Å². The lowest BCUT2D eigenvalue weighted by atomic mass is 9.92. The molecule has 4 rings (SSSR count). The lowest BCUT2D eigenvalue weighted by Gasteiger charge is -2.31. The van der Waals surface area contributed by atoms with Crippen LogP contribution in [-0.2, 0) is 0 Å². The molecule has 0 saturated carbocycles. The van der Waals surface area contributed by atoms with Gasteiger partial charge in [-0.2, -0.15) is 0 Å². The summed E-state index contributed by atoms with van der Waals surface area (Å²) >= 11 is 5.88. The number of rotatable bonds is 9. The largest absolute Gasteiger partial charge is 0.478 e. The Hall–Kier alpha value is -2.45. The lowest BCUT2D eigenvalue weighted by Crippen LogP contribution is -2.34. The highest BCUT2D eigenvalue weighted by Gasteiger charge is 2.21. The van der Waals surface area contributed by atoms with Crippen molar-refractivity contribution in [2.75, 3.05) is 44.2 Å². The number of aryl methyl sites for hydroxylation is 2. The molecule has 0 bridgehead atoms. The Morgan fingerprint density at radius 3 is 2.65 bits per heavy atom. The van der Waals surface area contributed by atoms with Gasteiger partial charge >= 0.3 is 0 Å². The Bertz CT molecular complexity index is 933. The summed E-state index contributed by atoms with van der Waals surface area (Å²) in [5.41, 5.74) is 2.28. The molecule has 2 aromatic rings. The van der Waals surface area contributed by atoms with Gasteiger partial charge in [-0.15, -0.1) is 0 Å². The van der Waals surface area contributed by atoms with Gasteiger partial charge in [-0.1, -0.05) is 11.6 Å². The minimum absolute atomic E-state index is 0.0451. The summed E-state index contributed by atoms with van der Waals surface area (Å²) < 4.78 is 5.94. The molecule has 2 aliphatic rings. The molecule has 2 N–H and O–H groups in total. The average Bonchev–Trinajstić information content (AvgIpc) is 3.35. The van der Waals surface area contributed by atoms with E-state index in [1.165, 1.54) is 0 Å². The van der Waals surface area contributed by atoms with Crippen LogP contribution in [0.15, 0.2) is 18.5 Å². The summed E-state index contributed by atoms with van der Waals surface area (Å²) in [5, 5.41) is 6.96. The molecule has 9 heteroatoms. The zero-order valence-electron chi connectivity index (χ0n) is 20.1. The molecule has 0 unspecified atom stereocenters. The van der Waals surface area contributed by atoms with Crippen LogP contribution < -0.4 is 20.3 Å². The summed E-state index contributed by atoms with van der Waals surface area (Å²) in [6, 6.07) is 1.88. The number of ether oxygens (including phenoxy) is 1. The van der Waals surface area contributed by atoms with Crippen molar-refractivity contribution < 1.29 is 9.53 Å². The first-order chi connectivity index (χ1) is 16.5. The standard InChI is InChI=1S/C25H35ClN6O2/c1-17-12-22(31-18(2)23(17)24(33)28-14-20-5-8-27-13-20)34-11-3-4-19-6-9-32(10-7-19)25-29-15-21(26)16-30-25/h12,15-16,19-20,27H,3-11,13-14H2,1-2H3,(H,28,33)/t20-/m1/s1. The number of piperidine rings is 1. The molecule has 1 atom stereocenters. The third-order valence-electron chi connectivity index (χ3n) is 6.83. The Morgan fingerprint density at radius 2 is 1.97 bits per heavy atom. The normalized spacial score (nSPS) is 18.8. The Balaban J connectivity index is 1.18. The van der Waals surface area contributed by atoms with Crippen LogP contribution in [0.4, 0.5) is 5.95 Å². The quantitative estimate of drug-likeness (QED) is 0.523. The number of anilines is 1. The van der Waals surface area contributed by atoms with Gasteiger partial charge in [0.25, 0.3) is 5.91 Å². The summed E-state index contributed by atoms with van der Waals surface area (Å²) in [6.07, 6.45) is 8.78. The van der Waals surface area contributed by atoms with Gasteiger partial charge in [-0.05, 0) is 76.4 Å². The Kier molecular flexibility index (Phi) is 8.56. The predicted octanol–water partition coefficient (Wildman–Crippen LogP) is 3.56. The number of hydrogen-bond acceptors (Lipinski definition) is 7. The van der Waals surface area contributed by atoms with Crippen LogP contribution in [0.3, 0.4) is 0 Å². The van der Waals surface area contributed by atoms with Crippen molar-refractivity contribution in [1.82, 2.24) is 25.6 Å². The summed E-state index contributed by atoms with van der Waals surface area (Å²) in [4.78, 5) is 28.1. The Morgan fingerprint density at radius 1 is 1.21 bits per heavy atom. The van der Waals surface area contributed by atoms with E-state index in [0.29, 0.717) is 47.1 Å². The predicted molar refractivity (Wildman–Crippen MR) is 134 cm³/mol. The number of nitrogens with zero attached hydrogens (tertiary/aromatic N) is 4. The van der Waals surface area contributed by atoms with E-state index >= 15 is 0 Å². The van der Waals surface area contributed by atoms with Crippen LogP contribution in [0.25, 0.3) is 0 Å². The third-order valence-corrected chi connectivity index (χ3v) is 7.02. The van der Waals surface area contributed by atoms with Crippen molar-refractivity contribution in [2.24, 2.45) is 11.8 Å². The number of hydrogen-bond donors (Lipinski definition) is 2. The maximum atomic E-state index is 12.7. The monoisotopic (exact) mass is 486 g/mol. The van der Waals surface area contributed by atoms with E-state index in [2.05, 4.69) is 30.5 Å². The molecular weight excluding hydrogens is 452 g/mol. The highest BCUT2D eigenvalue weighted by atomic mass is 35.5. The van der Waals surface area contributed by atoms with Crippen LogP contribution >= 0.6 is 11.6 Å². The minimum atomic E-state index is -0.0451. The summed E-state index contributed by atoms with van der Waals surface area (Å²) in [6.45, 7) is 9.10. The fourth-order valence-electron chi connectivity index (χ4n) is 4.87. The number of aromatic nitrogens is 3. The van der Waals surface area contributed by atoms with E-state index in [0.717, 1.165) is 69.8 Å². The molecule has 0 aromatic carbocycles. The van der Waals surface area contributed by atoms with Crippen molar-refractivity contribution in [1.29, 1.82) is 0 Å². The van der Waals surface area contributed by atoms with Gasteiger partial charge in [0, 0.05) is 25.7 Å². The highest BCUT2D eigenvalue weighted by Crippen LogP contribution is 2.25. The van der Waals surface area contributed by atoms with Crippen molar-refractivity contribution >= 4 is 23.5 Å². The number of carbonyl (C=O) groups is 1. The molecule has 4 heterocycles. The van der Waals surface area contributed by atoms with E-state index in [-0.39, 0.29) is 5.91 Å². The van der Waals surface area contributed by atoms with Gasteiger partial charge in [0.1, 0.15) is 0 Å². The Labute approximate surface area is 206 Å². The van der Waals surface area contributed by atoms with Crippen molar-refractivity contribution in [3.8, 4) is 5.88 Å². The smallest absolute Gasteiger partial charge is 0.253 e. The second kappa shape index (κ2) is 11.8. The molecular formula is C25H35ClN6O2. The molecule has 2 aromatic heterocycles. The van der Waals surface area contributed by atoms with Crippen LogP contribution in [0, 0.1) is 25.7 Å². The van der Waals surface area contributed by atoms with Crippen LogP contribution in [0.2, 0.25) is 5.02 Å². The van der Waals surface area contributed by atoms with E-state index in [4.69, 9.17) is 16.3 Å². The molecule has 34 heavy (non-hydrogen) atoms. The second-order valence-corrected chi connectivity index (χ2v) is 9.87. The molecule has 8 nitrogen and oxygen atoms in total. The SMILES string of the molecule is Cc1cc(OCCCC2CCN(c3ncc(Cl)cn3)CC2)nc(C)c1C(=O)NC[C@@H]1CCNC1. The van der Waals surface area contributed by atoms with Crippen LogP contribution in [0.1, 0.15) is 53.7 Å². The number of halogens is 1. The molecule has 2 aliphatic heterocycles. The van der Waals surface area contributed by atoms with Gasteiger partial charge < -0.3 is 20.3 Å². The summed E-state index contributed by atoms with van der Waals surface area (Å²) in [5.74, 6) is 2.51. The van der Waals surface area contributed by atoms with Crippen LogP contribution in [0.5, 0.6) is 5.88 Å². The topological polar surface area (TPSA) is 92.3 Å². The molecule has 2 saturated heterocycles. The third kappa shape index (κ3) is 6.57. The molecule has 0 radical (unpaired) electrons. The molecule has 2 fully saturated rings. The molecule has 0 aliphatic carbocycles. The average molecular weight is 487 g/mol. The minimum Gasteiger partial charge on any atom is -0.478 e. The van der Waals surface area contributed by atoms with Gasteiger partial charge in [0.15, 0.2) is 0 Å². The lowest BCUT2D eigenvalue weighted by molar-refractivity contribution is 0.0946. The maximum absolute atomic E-state index is 12.7. The fourth-order valence-corrected chi connectivity index (χ4v) is 4.96. The summed E-state index contributed by atoms with van der Waals surface area (Å²) in [7, 11) is 0. The fraction of sp³-hybridized carbons (Fsp3) is 0.600. The molecule has 0 spiro atoms. The first-order valence-electron chi connectivity index (χ1n) is 12.3. The van der Waals surface area contributed by atoms with Gasteiger partial charge in [0.05, 0.1) is 35.3 Å².